The van der Waals surface area contributed by atoms with Crippen molar-refractivity contribution in [2.24, 2.45) is 5.10 Å². The highest BCUT2D eigenvalue weighted by atomic mass is 15.5. The van der Waals surface area contributed by atoms with Crippen molar-refractivity contribution < 1.29 is 0 Å². The fourth-order valence-electron chi connectivity index (χ4n) is 1.76. The molecule has 0 saturated heterocycles. The van der Waals surface area contributed by atoms with E-state index in [0.717, 1.165) is 17.0 Å². The van der Waals surface area contributed by atoms with E-state index in [1.54, 1.807) is 6.21 Å². The second kappa shape index (κ2) is 6.15. The molecule has 0 aliphatic carbocycles. The summed E-state index contributed by atoms with van der Waals surface area (Å²) in [6.45, 7) is 9.95. The fraction of sp³-hybridized carbons (Fsp3) is 0.333. The van der Waals surface area contributed by atoms with Gasteiger partial charge in [-0.3, -0.25) is 0 Å². The minimum atomic E-state index is 0.903. The molecule has 3 nitrogen and oxygen atoms in total. The number of anilines is 1. The first-order chi connectivity index (χ1) is 8.51. The lowest BCUT2D eigenvalue weighted by molar-refractivity contribution is 0.978. The molecule has 1 aromatic rings. The average molecular weight is 243 g/mol. The highest BCUT2D eigenvalue weighted by Gasteiger charge is 2.11. The Hall–Kier alpha value is -1.90. The Morgan fingerprint density at radius 2 is 1.94 bits per heavy atom. The fourth-order valence-corrected chi connectivity index (χ4v) is 1.76. The summed E-state index contributed by atoms with van der Waals surface area (Å²) in [5, 5.41) is 13.6. The van der Waals surface area contributed by atoms with E-state index in [4.69, 9.17) is 5.41 Å². The van der Waals surface area contributed by atoms with Gasteiger partial charge in [0.05, 0.1) is 5.69 Å². The van der Waals surface area contributed by atoms with Crippen LogP contribution in [0.3, 0.4) is 0 Å². The van der Waals surface area contributed by atoms with Crippen molar-refractivity contribution in [3.8, 4) is 0 Å². The highest BCUT2D eigenvalue weighted by molar-refractivity contribution is 5.78. The van der Waals surface area contributed by atoms with Crippen molar-refractivity contribution in [2.45, 2.75) is 34.6 Å². The van der Waals surface area contributed by atoms with E-state index in [2.05, 4.69) is 37.1 Å². The first-order valence-electron chi connectivity index (χ1n) is 6.05. The molecule has 0 aromatic heterocycles. The van der Waals surface area contributed by atoms with Crippen molar-refractivity contribution in [2.75, 3.05) is 5.01 Å². The molecule has 0 aliphatic rings. The predicted molar refractivity (Wildman–Crippen MR) is 79.7 cm³/mol. The van der Waals surface area contributed by atoms with E-state index in [1.165, 1.54) is 17.3 Å². The molecule has 0 heterocycles. The second-order valence-electron chi connectivity index (χ2n) is 4.39. The molecule has 1 rings (SSSR count). The van der Waals surface area contributed by atoms with Crippen LogP contribution in [-0.4, -0.2) is 12.4 Å². The van der Waals surface area contributed by atoms with Gasteiger partial charge >= 0.3 is 0 Å². The van der Waals surface area contributed by atoms with Crippen LogP contribution in [0.2, 0.25) is 0 Å². The lowest BCUT2D eigenvalue weighted by Gasteiger charge is -2.23. The molecule has 0 spiro atoms. The SMILES string of the molecule is CC=NN(/C(C)=C(\C)C=N)c1ccc(C)cc1C. The summed E-state index contributed by atoms with van der Waals surface area (Å²) in [6.07, 6.45) is 3.12. The number of nitrogens with one attached hydrogen (secondary N) is 1. The third-order valence-corrected chi connectivity index (χ3v) is 2.92. The molecule has 96 valence electrons. The monoisotopic (exact) mass is 243 g/mol. The Balaban J connectivity index is 3.33. The Morgan fingerprint density at radius 3 is 2.44 bits per heavy atom. The van der Waals surface area contributed by atoms with Gasteiger partial charge in [0.1, 0.15) is 0 Å². The molecule has 0 radical (unpaired) electrons. The summed E-state index contributed by atoms with van der Waals surface area (Å²) in [4.78, 5) is 0. The number of benzene rings is 1. The predicted octanol–water partition coefficient (Wildman–Crippen LogP) is 4.06. The quantitative estimate of drug-likeness (QED) is 0.628. The van der Waals surface area contributed by atoms with Crippen LogP contribution in [0.25, 0.3) is 0 Å². The molecule has 18 heavy (non-hydrogen) atoms. The number of hydrogen-bond acceptors (Lipinski definition) is 3. The van der Waals surface area contributed by atoms with Gasteiger partial charge in [0, 0.05) is 18.1 Å². The van der Waals surface area contributed by atoms with E-state index < -0.39 is 0 Å². The molecular formula is C15H21N3. The summed E-state index contributed by atoms with van der Waals surface area (Å²) in [5.41, 5.74) is 5.34. The standard InChI is InChI=1S/C15H21N3/c1-6-17-18(14(5)13(4)10-16)15-8-7-11(2)9-12(15)3/h6-10,16H,1-5H3/b14-13+,16-10?,17-6?. The third kappa shape index (κ3) is 3.06. The van der Waals surface area contributed by atoms with Gasteiger partial charge < -0.3 is 5.41 Å². The molecule has 0 unspecified atom stereocenters. The van der Waals surface area contributed by atoms with Gasteiger partial charge in [-0.05, 0) is 51.8 Å². The van der Waals surface area contributed by atoms with Gasteiger partial charge in [-0.2, -0.15) is 5.10 Å². The van der Waals surface area contributed by atoms with E-state index in [-0.39, 0.29) is 0 Å². The summed E-state index contributed by atoms with van der Waals surface area (Å²) in [5.74, 6) is 0. The van der Waals surface area contributed by atoms with Crippen molar-refractivity contribution in [3.05, 3.63) is 40.6 Å². The van der Waals surface area contributed by atoms with Crippen molar-refractivity contribution in [1.29, 1.82) is 5.41 Å². The number of hydrazone groups is 1. The van der Waals surface area contributed by atoms with Crippen molar-refractivity contribution >= 4 is 18.1 Å². The Morgan fingerprint density at radius 1 is 1.28 bits per heavy atom. The summed E-state index contributed by atoms with van der Waals surface area (Å²) in [6, 6.07) is 6.28. The largest absolute Gasteiger partial charge is 0.308 e. The van der Waals surface area contributed by atoms with E-state index in [0.29, 0.717) is 0 Å². The smallest absolute Gasteiger partial charge is 0.0677 e. The molecule has 0 atom stereocenters. The van der Waals surface area contributed by atoms with Gasteiger partial charge in [0.25, 0.3) is 0 Å². The number of aryl methyl sites for hydroxylation is 2. The summed E-state index contributed by atoms with van der Waals surface area (Å²) < 4.78 is 0. The van der Waals surface area contributed by atoms with Crippen LogP contribution in [0.4, 0.5) is 5.69 Å². The molecule has 0 fully saturated rings. The molecule has 0 saturated carbocycles. The van der Waals surface area contributed by atoms with Gasteiger partial charge in [0.15, 0.2) is 0 Å². The zero-order valence-corrected chi connectivity index (χ0v) is 11.8. The van der Waals surface area contributed by atoms with Crippen LogP contribution < -0.4 is 5.01 Å². The molecular weight excluding hydrogens is 222 g/mol. The normalized spacial score (nSPS) is 12.5. The van der Waals surface area contributed by atoms with Gasteiger partial charge in [-0.1, -0.05) is 17.7 Å². The Kier molecular flexibility index (Phi) is 4.84. The van der Waals surface area contributed by atoms with E-state index in [9.17, 15) is 0 Å². The van der Waals surface area contributed by atoms with Crippen LogP contribution in [0.1, 0.15) is 31.9 Å². The lowest BCUT2D eigenvalue weighted by atomic mass is 10.1. The molecule has 1 aromatic carbocycles. The maximum Gasteiger partial charge on any atom is 0.0677 e. The highest BCUT2D eigenvalue weighted by Crippen LogP contribution is 2.25. The third-order valence-electron chi connectivity index (χ3n) is 2.92. The lowest BCUT2D eigenvalue weighted by Crippen LogP contribution is -2.16. The number of allylic oxidation sites excluding steroid dienone is 2. The maximum absolute atomic E-state index is 7.35. The van der Waals surface area contributed by atoms with Crippen LogP contribution in [0, 0.1) is 19.3 Å². The van der Waals surface area contributed by atoms with Gasteiger partial charge in [0.2, 0.25) is 0 Å². The van der Waals surface area contributed by atoms with E-state index in [1.807, 2.05) is 25.8 Å². The summed E-state index contributed by atoms with van der Waals surface area (Å²) in [7, 11) is 0. The maximum atomic E-state index is 7.35. The van der Waals surface area contributed by atoms with Crippen molar-refractivity contribution in [3.63, 3.8) is 0 Å². The van der Waals surface area contributed by atoms with Crippen LogP contribution in [-0.2, 0) is 0 Å². The molecule has 0 aliphatic heterocycles. The zero-order valence-electron chi connectivity index (χ0n) is 11.8. The molecule has 0 bridgehead atoms. The van der Waals surface area contributed by atoms with Gasteiger partial charge in [-0.25, -0.2) is 5.01 Å². The molecule has 3 heteroatoms. The average Bonchev–Trinajstić information content (AvgIpc) is 2.35. The zero-order chi connectivity index (χ0) is 13.7. The minimum absolute atomic E-state index is 0.903. The van der Waals surface area contributed by atoms with Gasteiger partial charge in [-0.15, -0.1) is 0 Å². The Labute approximate surface area is 109 Å². The first-order valence-corrected chi connectivity index (χ1v) is 6.05. The van der Waals surface area contributed by atoms with Crippen LogP contribution in [0.15, 0.2) is 34.6 Å². The minimum Gasteiger partial charge on any atom is -0.308 e. The van der Waals surface area contributed by atoms with E-state index >= 15 is 0 Å². The van der Waals surface area contributed by atoms with Crippen LogP contribution in [0.5, 0.6) is 0 Å². The number of hydrogen-bond donors (Lipinski definition) is 1. The van der Waals surface area contributed by atoms with Crippen LogP contribution >= 0.6 is 0 Å². The number of rotatable bonds is 4. The summed E-state index contributed by atoms with van der Waals surface area (Å²) >= 11 is 0. The second-order valence-corrected chi connectivity index (χ2v) is 4.39. The topological polar surface area (TPSA) is 39.5 Å². The Bertz CT molecular complexity index is 498. The first kappa shape index (κ1) is 14.2. The molecule has 0 amide bonds. The number of nitrogens with zero attached hydrogens (tertiary/aromatic N) is 2. The molecule has 1 N–H and O–H groups in total. The van der Waals surface area contributed by atoms with Crippen molar-refractivity contribution in [1.82, 2.24) is 0 Å².